The molecule has 0 atom stereocenters. The first-order valence-corrected chi connectivity index (χ1v) is 9.59. The predicted octanol–water partition coefficient (Wildman–Crippen LogP) is 4.57. The van der Waals surface area contributed by atoms with Gasteiger partial charge in [-0.05, 0) is 31.5 Å². The van der Waals surface area contributed by atoms with Crippen LogP contribution in [-0.4, -0.2) is 20.3 Å². The van der Waals surface area contributed by atoms with Crippen LogP contribution in [0, 0.1) is 0 Å². The average Bonchev–Trinajstić information content (AvgIpc) is 2.16. The molecule has 0 radical (unpaired) electrons. The molecule has 0 aliphatic rings. The van der Waals surface area contributed by atoms with Gasteiger partial charge in [0.2, 0.25) is 0 Å². The molecule has 0 aliphatic carbocycles. The van der Waals surface area contributed by atoms with Gasteiger partial charge in [0.15, 0.2) is 8.32 Å². The summed E-state index contributed by atoms with van der Waals surface area (Å²) in [6.45, 7) is 7.62. The molecule has 3 heteroatoms. The van der Waals surface area contributed by atoms with Crippen LogP contribution >= 0.6 is 15.9 Å². The molecule has 0 heterocycles. The quantitative estimate of drug-likeness (QED) is 0.444. The van der Waals surface area contributed by atoms with Crippen LogP contribution in [0.2, 0.25) is 18.1 Å². The molecular weight excluding hydrogens is 256 g/mol. The molecule has 0 aromatic carbocycles. The van der Waals surface area contributed by atoms with Crippen LogP contribution in [-0.2, 0) is 4.43 Å². The Hall–Kier alpha value is 0.657. The van der Waals surface area contributed by atoms with Gasteiger partial charge in [-0.15, -0.1) is 0 Å². The van der Waals surface area contributed by atoms with Crippen molar-refractivity contribution in [2.45, 2.75) is 58.2 Å². The zero-order valence-electron chi connectivity index (χ0n) is 9.94. The van der Waals surface area contributed by atoms with Gasteiger partial charge in [-0.1, -0.05) is 42.6 Å². The lowest BCUT2D eigenvalue weighted by Crippen LogP contribution is -2.38. The molecule has 0 spiro atoms. The van der Waals surface area contributed by atoms with Gasteiger partial charge >= 0.3 is 0 Å². The van der Waals surface area contributed by atoms with Crippen molar-refractivity contribution in [3.8, 4) is 0 Å². The lowest BCUT2D eigenvalue weighted by Gasteiger charge is -2.30. The Labute approximate surface area is 98.9 Å². The number of hydrogen-bond donors (Lipinski definition) is 0. The van der Waals surface area contributed by atoms with Crippen LogP contribution in [0.4, 0.5) is 0 Å². The highest BCUT2D eigenvalue weighted by molar-refractivity contribution is 9.09. The van der Waals surface area contributed by atoms with E-state index in [1.807, 2.05) is 0 Å². The topological polar surface area (TPSA) is 9.23 Å². The highest BCUT2D eigenvalue weighted by Gasteiger charge is 2.31. The first-order chi connectivity index (χ1) is 6.74. The summed E-state index contributed by atoms with van der Waals surface area (Å²) in [5.74, 6) is 0. The van der Waals surface area contributed by atoms with Crippen molar-refractivity contribution >= 4 is 24.2 Å². The van der Waals surface area contributed by atoms with E-state index in [1.54, 1.807) is 0 Å². The van der Waals surface area contributed by atoms with E-state index in [0.717, 1.165) is 11.9 Å². The van der Waals surface area contributed by atoms with Gasteiger partial charge in [0.1, 0.15) is 0 Å². The standard InChI is InChI=1S/C11H25BrOSi/c1-4-9-14(10-5-2,13-6-3)11-7-8-12/h4-11H2,1-3H3. The maximum atomic E-state index is 6.13. The van der Waals surface area contributed by atoms with Crippen LogP contribution in [0.1, 0.15) is 40.0 Å². The van der Waals surface area contributed by atoms with Crippen molar-refractivity contribution in [2.24, 2.45) is 0 Å². The fraction of sp³-hybridized carbons (Fsp3) is 1.00. The number of halogens is 1. The molecule has 86 valence electrons. The highest BCUT2D eigenvalue weighted by atomic mass is 79.9. The first-order valence-electron chi connectivity index (χ1n) is 5.94. The third-order valence-electron chi connectivity index (χ3n) is 2.63. The molecule has 14 heavy (non-hydrogen) atoms. The van der Waals surface area contributed by atoms with Crippen LogP contribution in [0.3, 0.4) is 0 Å². The molecule has 0 N–H and O–H groups in total. The van der Waals surface area contributed by atoms with Crippen LogP contribution < -0.4 is 0 Å². The van der Waals surface area contributed by atoms with Crippen molar-refractivity contribution < 1.29 is 4.43 Å². The molecule has 0 amide bonds. The fourth-order valence-corrected chi connectivity index (χ4v) is 7.43. The van der Waals surface area contributed by atoms with Crippen molar-refractivity contribution in [1.82, 2.24) is 0 Å². The van der Waals surface area contributed by atoms with Gasteiger partial charge in [0, 0.05) is 11.9 Å². The van der Waals surface area contributed by atoms with E-state index in [1.165, 1.54) is 37.4 Å². The van der Waals surface area contributed by atoms with Crippen LogP contribution in [0.15, 0.2) is 0 Å². The summed E-state index contributed by atoms with van der Waals surface area (Å²) >= 11 is 3.52. The van der Waals surface area contributed by atoms with E-state index in [4.69, 9.17) is 4.43 Å². The molecule has 0 bridgehead atoms. The number of hydrogen-bond acceptors (Lipinski definition) is 1. The van der Waals surface area contributed by atoms with Gasteiger partial charge < -0.3 is 4.43 Å². The van der Waals surface area contributed by atoms with Gasteiger partial charge in [0.05, 0.1) is 0 Å². The van der Waals surface area contributed by atoms with Gasteiger partial charge in [-0.2, -0.15) is 0 Å². The lowest BCUT2D eigenvalue weighted by atomic mass is 10.5. The molecule has 0 unspecified atom stereocenters. The molecule has 0 saturated heterocycles. The largest absolute Gasteiger partial charge is 0.417 e. The second-order valence-corrected chi connectivity index (χ2v) is 8.86. The summed E-state index contributed by atoms with van der Waals surface area (Å²) in [7, 11) is -1.35. The van der Waals surface area contributed by atoms with Crippen molar-refractivity contribution in [2.75, 3.05) is 11.9 Å². The Bertz CT molecular complexity index is 113. The van der Waals surface area contributed by atoms with Crippen molar-refractivity contribution in [1.29, 1.82) is 0 Å². The molecule has 0 fully saturated rings. The number of rotatable bonds is 9. The summed E-state index contributed by atoms with van der Waals surface area (Å²) in [5, 5.41) is 1.13. The molecule has 1 nitrogen and oxygen atoms in total. The summed E-state index contributed by atoms with van der Waals surface area (Å²) < 4.78 is 6.13. The average molecular weight is 281 g/mol. The Balaban J connectivity index is 4.21. The molecule has 0 rings (SSSR count). The van der Waals surface area contributed by atoms with Gasteiger partial charge in [-0.25, -0.2) is 0 Å². The number of alkyl halides is 1. The second-order valence-electron chi connectivity index (χ2n) is 3.91. The molecular formula is C11H25BrOSi. The van der Waals surface area contributed by atoms with Crippen molar-refractivity contribution in [3.05, 3.63) is 0 Å². The Morgan fingerprint density at radius 3 is 1.93 bits per heavy atom. The summed E-state index contributed by atoms with van der Waals surface area (Å²) in [6, 6.07) is 4.04. The summed E-state index contributed by atoms with van der Waals surface area (Å²) in [4.78, 5) is 0. The SMILES string of the molecule is CCC[Si](CCC)(CCCBr)OCC. The molecule has 0 aliphatic heterocycles. The lowest BCUT2D eigenvalue weighted by molar-refractivity contribution is 0.316. The van der Waals surface area contributed by atoms with E-state index < -0.39 is 8.32 Å². The van der Waals surface area contributed by atoms with E-state index in [9.17, 15) is 0 Å². The van der Waals surface area contributed by atoms with Crippen molar-refractivity contribution in [3.63, 3.8) is 0 Å². The highest BCUT2D eigenvalue weighted by Crippen LogP contribution is 2.27. The predicted molar refractivity (Wildman–Crippen MR) is 70.8 cm³/mol. The Morgan fingerprint density at radius 1 is 1.00 bits per heavy atom. The Kier molecular flexibility index (Phi) is 9.34. The van der Waals surface area contributed by atoms with E-state index in [0.29, 0.717) is 0 Å². The minimum Gasteiger partial charge on any atom is -0.417 e. The Morgan fingerprint density at radius 2 is 1.57 bits per heavy atom. The minimum atomic E-state index is -1.35. The second kappa shape index (κ2) is 8.92. The van der Waals surface area contributed by atoms with E-state index in [-0.39, 0.29) is 0 Å². The smallest absolute Gasteiger partial charge is 0.192 e. The molecule has 0 saturated carbocycles. The van der Waals surface area contributed by atoms with Crippen LogP contribution in [0.5, 0.6) is 0 Å². The van der Waals surface area contributed by atoms with Gasteiger partial charge in [0.25, 0.3) is 0 Å². The molecule has 0 aromatic rings. The first kappa shape index (κ1) is 14.7. The van der Waals surface area contributed by atoms with Crippen LogP contribution in [0.25, 0.3) is 0 Å². The third kappa shape index (κ3) is 5.52. The van der Waals surface area contributed by atoms with E-state index >= 15 is 0 Å². The molecule has 0 aromatic heterocycles. The summed E-state index contributed by atoms with van der Waals surface area (Å²) in [6.07, 6.45) is 3.86. The maximum absolute atomic E-state index is 6.13. The maximum Gasteiger partial charge on any atom is 0.192 e. The monoisotopic (exact) mass is 280 g/mol. The normalized spacial score (nSPS) is 12.0. The fourth-order valence-electron chi connectivity index (χ4n) is 2.20. The zero-order chi connectivity index (χ0) is 10.9. The summed E-state index contributed by atoms with van der Waals surface area (Å²) in [5.41, 5.74) is 0. The third-order valence-corrected chi connectivity index (χ3v) is 8.18. The van der Waals surface area contributed by atoms with E-state index in [2.05, 4.69) is 36.7 Å². The minimum absolute atomic E-state index is 0.911. The van der Waals surface area contributed by atoms with Gasteiger partial charge in [-0.3, -0.25) is 0 Å². The zero-order valence-corrected chi connectivity index (χ0v) is 12.5.